The minimum Gasteiger partial charge on any atom is -0.507 e. The van der Waals surface area contributed by atoms with E-state index in [-0.39, 0.29) is 34.2 Å². The molecular weight excluding hydrogens is 294 g/mol. The van der Waals surface area contributed by atoms with Crippen LogP contribution in [0.3, 0.4) is 0 Å². The van der Waals surface area contributed by atoms with Crippen LogP contribution in [0.25, 0.3) is 0 Å². The number of phenols is 1. The standard InChI is InChI=1S/C18H15NO4/c1-10(20)8-9-19-13-6-7-14(21)16-15(13)17(22)11-4-2-3-5-12(11)18(16)23/h2-7,19,21H,8-9H2,1H3. The number of benzene rings is 2. The minimum atomic E-state index is -0.372. The summed E-state index contributed by atoms with van der Waals surface area (Å²) in [6.45, 7) is 1.84. The first-order valence-electron chi connectivity index (χ1n) is 7.28. The molecule has 0 heterocycles. The van der Waals surface area contributed by atoms with Crippen molar-refractivity contribution < 1.29 is 19.5 Å². The number of Topliss-reactive ketones (excluding diaryl/α,β-unsaturated/α-hetero) is 1. The van der Waals surface area contributed by atoms with Crippen LogP contribution in [0.5, 0.6) is 5.75 Å². The molecule has 1 aliphatic rings. The van der Waals surface area contributed by atoms with Gasteiger partial charge < -0.3 is 10.4 Å². The Bertz CT molecular complexity index is 839. The average molecular weight is 309 g/mol. The van der Waals surface area contributed by atoms with Gasteiger partial charge in [-0.3, -0.25) is 14.4 Å². The molecule has 23 heavy (non-hydrogen) atoms. The second-order valence-electron chi connectivity index (χ2n) is 5.46. The van der Waals surface area contributed by atoms with Crippen LogP contribution in [0.15, 0.2) is 36.4 Å². The van der Waals surface area contributed by atoms with E-state index in [0.717, 1.165) is 0 Å². The highest BCUT2D eigenvalue weighted by molar-refractivity contribution is 6.31. The molecule has 3 rings (SSSR count). The minimum absolute atomic E-state index is 0.0153. The van der Waals surface area contributed by atoms with Gasteiger partial charge in [-0.1, -0.05) is 24.3 Å². The molecule has 0 aromatic heterocycles. The molecule has 0 atom stereocenters. The van der Waals surface area contributed by atoms with Crippen molar-refractivity contribution in [3.8, 4) is 5.75 Å². The van der Waals surface area contributed by atoms with Crippen molar-refractivity contribution in [3.05, 3.63) is 58.7 Å². The molecule has 2 aromatic rings. The SMILES string of the molecule is CC(=O)CCNc1ccc(O)c2c1C(=O)c1ccccc1C2=O. The van der Waals surface area contributed by atoms with E-state index in [0.29, 0.717) is 29.8 Å². The van der Waals surface area contributed by atoms with Gasteiger partial charge in [-0.05, 0) is 19.1 Å². The Labute approximate surface area is 133 Å². The van der Waals surface area contributed by atoms with Crippen molar-refractivity contribution in [1.82, 2.24) is 0 Å². The summed E-state index contributed by atoms with van der Waals surface area (Å²) < 4.78 is 0. The summed E-state index contributed by atoms with van der Waals surface area (Å²) in [6.07, 6.45) is 0.314. The van der Waals surface area contributed by atoms with Gasteiger partial charge in [0.1, 0.15) is 11.5 Å². The van der Waals surface area contributed by atoms with Crippen LogP contribution in [0.4, 0.5) is 5.69 Å². The van der Waals surface area contributed by atoms with Gasteiger partial charge in [0.05, 0.1) is 11.1 Å². The van der Waals surface area contributed by atoms with E-state index in [9.17, 15) is 19.5 Å². The Morgan fingerprint density at radius 1 is 1.00 bits per heavy atom. The molecule has 0 spiro atoms. The van der Waals surface area contributed by atoms with Crippen molar-refractivity contribution >= 4 is 23.0 Å². The first-order chi connectivity index (χ1) is 11.0. The van der Waals surface area contributed by atoms with Crippen LogP contribution in [0, 0.1) is 0 Å². The van der Waals surface area contributed by atoms with Crippen LogP contribution in [0.2, 0.25) is 0 Å². The Hall–Kier alpha value is -2.95. The van der Waals surface area contributed by atoms with Crippen molar-refractivity contribution in [2.75, 3.05) is 11.9 Å². The predicted octanol–water partition coefficient (Wildman–Crippen LogP) is 2.56. The quantitative estimate of drug-likeness (QED) is 0.724. The van der Waals surface area contributed by atoms with Gasteiger partial charge in [0.25, 0.3) is 0 Å². The molecule has 0 fully saturated rings. The third-order valence-electron chi connectivity index (χ3n) is 3.85. The number of fused-ring (bicyclic) bond motifs is 2. The fourth-order valence-corrected chi connectivity index (χ4v) is 2.73. The maximum absolute atomic E-state index is 12.8. The normalized spacial score (nSPS) is 12.6. The molecule has 5 nitrogen and oxygen atoms in total. The second kappa shape index (κ2) is 5.68. The van der Waals surface area contributed by atoms with Gasteiger partial charge in [-0.15, -0.1) is 0 Å². The molecule has 0 saturated heterocycles. The van der Waals surface area contributed by atoms with Crippen LogP contribution < -0.4 is 5.32 Å². The Morgan fingerprint density at radius 3 is 2.22 bits per heavy atom. The lowest BCUT2D eigenvalue weighted by Crippen LogP contribution is -2.23. The second-order valence-corrected chi connectivity index (χ2v) is 5.46. The fourth-order valence-electron chi connectivity index (χ4n) is 2.73. The number of anilines is 1. The molecule has 0 bridgehead atoms. The number of carbonyl (C=O) groups excluding carboxylic acids is 3. The number of rotatable bonds is 4. The Morgan fingerprint density at radius 2 is 1.61 bits per heavy atom. The van der Waals surface area contributed by atoms with Crippen LogP contribution in [0.1, 0.15) is 45.2 Å². The molecule has 0 unspecified atom stereocenters. The lowest BCUT2D eigenvalue weighted by molar-refractivity contribution is -0.116. The predicted molar refractivity (Wildman–Crippen MR) is 85.2 cm³/mol. The monoisotopic (exact) mass is 309 g/mol. The molecule has 1 aliphatic carbocycles. The molecule has 0 radical (unpaired) electrons. The molecule has 2 N–H and O–H groups in total. The topological polar surface area (TPSA) is 83.5 Å². The number of ketones is 3. The average Bonchev–Trinajstić information content (AvgIpc) is 2.53. The smallest absolute Gasteiger partial charge is 0.198 e. The van der Waals surface area contributed by atoms with Gasteiger partial charge in [0.15, 0.2) is 11.6 Å². The van der Waals surface area contributed by atoms with Crippen LogP contribution in [-0.2, 0) is 4.79 Å². The first kappa shape index (κ1) is 15.0. The third-order valence-corrected chi connectivity index (χ3v) is 3.85. The van der Waals surface area contributed by atoms with Gasteiger partial charge in [-0.2, -0.15) is 0 Å². The first-order valence-corrected chi connectivity index (χ1v) is 7.28. The van der Waals surface area contributed by atoms with Crippen LogP contribution >= 0.6 is 0 Å². The highest BCUT2D eigenvalue weighted by Crippen LogP contribution is 2.36. The van der Waals surface area contributed by atoms with Gasteiger partial charge in [0, 0.05) is 29.8 Å². The summed E-state index contributed by atoms with van der Waals surface area (Å²) in [7, 11) is 0. The van der Waals surface area contributed by atoms with Crippen molar-refractivity contribution in [1.29, 1.82) is 0 Å². The lowest BCUT2D eigenvalue weighted by atomic mass is 9.82. The summed E-state index contributed by atoms with van der Waals surface area (Å²) in [5.41, 5.74) is 1.25. The summed E-state index contributed by atoms with van der Waals surface area (Å²) in [5, 5.41) is 13.1. The van der Waals surface area contributed by atoms with Gasteiger partial charge >= 0.3 is 0 Å². The number of hydrogen-bond donors (Lipinski definition) is 2. The fraction of sp³-hybridized carbons (Fsp3) is 0.167. The van der Waals surface area contributed by atoms with E-state index in [1.165, 1.54) is 13.0 Å². The number of nitrogens with one attached hydrogen (secondary N) is 1. The summed E-state index contributed by atoms with van der Waals surface area (Å²) in [6, 6.07) is 9.48. The Kier molecular flexibility index (Phi) is 3.70. The molecule has 0 amide bonds. The largest absolute Gasteiger partial charge is 0.507 e. The van der Waals surface area contributed by atoms with E-state index < -0.39 is 0 Å². The van der Waals surface area contributed by atoms with Crippen LogP contribution in [-0.4, -0.2) is 29.0 Å². The highest BCUT2D eigenvalue weighted by atomic mass is 16.3. The van der Waals surface area contributed by atoms with E-state index in [1.54, 1.807) is 30.3 Å². The molecular formula is C18H15NO4. The zero-order valence-electron chi connectivity index (χ0n) is 12.6. The number of aromatic hydroxyl groups is 1. The van der Waals surface area contributed by atoms with Crippen molar-refractivity contribution in [2.24, 2.45) is 0 Å². The summed E-state index contributed by atoms with van der Waals surface area (Å²) in [5.74, 6) is -0.873. The molecule has 5 heteroatoms. The third kappa shape index (κ3) is 2.50. The van der Waals surface area contributed by atoms with E-state index >= 15 is 0 Å². The molecule has 116 valence electrons. The van der Waals surface area contributed by atoms with E-state index in [4.69, 9.17) is 0 Å². The van der Waals surface area contributed by atoms with Crippen molar-refractivity contribution in [2.45, 2.75) is 13.3 Å². The maximum atomic E-state index is 12.8. The number of hydrogen-bond acceptors (Lipinski definition) is 5. The van der Waals surface area contributed by atoms with Gasteiger partial charge in [0.2, 0.25) is 0 Å². The lowest BCUT2D eigenvalue weighted by Gasteiger charge is -2.21. The van der Waals surface area contributed by atoms with Crippen molar-refractivity contribution in [3.63, 3.8) is 0 Å². The number of carbonyl (C=O) groups is 3. The summed E-state index contributed by atoms with van der Waals surface area (Å²) in [4.78, 5) is 36.4. The van der Waals surface area contributed by atoms with Gasteiger partial charge in [-0.25, -0.2) is 0 Å². The number of phenolic OH excluding ortho intramolecular Hbond substituents is 1. The zero-order valence-corrected chi connectivity index (χ0v) is 12.6. The molecule has 0 saturated carbocycles. The molecule has 0 aliphatic heterocycles. The van der Waals surface area contributed by atoms with E-state index in [2.05, 4.69) is 5.32 Å². The maximum Gasteiger partial charge on any atom is 0.198 e. The highest BCUT2D eigenvalue weighted by Gasteiger charge is 2.33. The summed E-state index contributed by atoms with van der Waals surface area (Å²) >= 11 is 0. The Balaban J connectivity index is 2.09. The van der Waals surface area contributed by atoms with E-state index in [1.807, 2.05) is 0 Å². The molecule has 2 aromatic carbocycles. The zero-order chi connectivity index (χ0) is 16.6.